The largest absolute Gasteiger partial charge is 0.435 e. The van der Waals surface area contributed by atoms with E-state index in [-0.39, 0.29) is 17.6 Å². The lowest BCUT2D eigenvalue weighted by molar-refractivity contribution is -0.141. The molecule has 0 aliphatic heterocycles. The van der Waals surface area contributed by atoms with Gasteiger partial charge in [-0.15, -0.1) is 10.2 Å². The van der Waals surface area contributed by atoms with E-state index in [9.17, 15) is 18.0 Å². The number of anilines is 1. The fraction of sp³-hybridized carbons (Fsp3) is 0.667. The Hall–Kier alpha value is -1.66. The Bertz CT molecular complexity index is 532. The van der Waals surface area contributed by atoms with Crippen LogP contribution in [0.3, 0.4) is 0 Å². The number of halogens is 3. The minimum atomic E-state index is -4.56. The van der Waals surface area contributed by atoms with Crippen molar-refractivity contribution in [2.75, 3.05) is 5.32 Å². The Labute approximate surface area is 128 Å². The van der Waals surface area contributed by atoms with Crippen molar-refractivity contribution in [3.8, 4) is 0 Å². The zero-order valence-electron chi connectivity index (χ0n) is 13.5. The van der Waals surface area contributed by atoms with E-state index >= 15 is 0 Å². The van der Waals surface area contributed by atoms with E-state index in [1.165, 1.54) is 0 Å². The third-order valence-corrected chi connectivity index (χ3v) is 3.45. The Morgan fingerprint density at radius 2 is 1.73 bits per heavy atom. The van der Waals surface area contributed by atoms with Crippen molar-refractivity contribution >= 4 is 11.7 Å². The molecule has 0 saturated carbocycles. The second-order valence-electron chi connectivity index (χ2n) is 6.25. The molecule has 124 valence electrons. The topological polar surface area (TPSA) is 54.9 Å². The third kappa shape index (κ3) is 4.42. The van der Waals surface area contributed by atoms with Crippen molar-refractivity contribution in [2.24, 2.45) is 5.41 Å². The van der Waals surface area contributed by atoms with Gasteiger partial charge in [0.25, 0.3) is 0 Å². The Balaban J connectivity index is 3.29. The average Bonchev–Trinajstić information content (AvgIpc) is 2.39. The number of rotatable bonds is 4. The van der Waals surface area contributed by atoms with Crippen molar-refractivity contribution in [1.82, 2.24) is 10.2 Å². The first kappa shape index (κ1) is 18.4. The molecule has 1 N–H and O–H groups in total. The Morgan fingerprint density at radius 1 is 1.18 bits per heavy atom. The van der Waals surface area contributed by atoms with Gasteiger partial charge in [0.05, 0.1) is 0 Å². The summed E-state index contributed by atoms with van der Waals surface area (Å²) in [4.78, 5) is 12.1. The lowest BCUT2D eigenvalue weighted by atomic mass is 9.92. The predicted molar refractivity (Wildman–Crippen MR) is 78.4 cm³/mol. The van der Waals surface area contributed by atoms with Crippen LogP contribution < -0.4 is 5.32 Å². The van der Waals surface area contributed by atoms with Gasteiger partial charge in [-0.2, -0.15) is 13.2 Å². The van der Waals surface area contributed by atoms with Gasteiger partial charge >= 0.3 is 6.18 Å². The van der Waals surface area contributed by atoms with E-state index in [1.807, 2.05) is 13.8 Å². The van der Waals surface area contributed by atoms with Crippen LogP contribution in [0.15, 0.2) is 6.07 Å². The van der Waals surface area contributed by atoms with Crippen molar-refractivity contribution in [3.05, 3.63) is 17.3 Å². The van der Waals surface area contributed by atoms with Crippen LogP contribution >= 0.6 is 0 Å². The number of aromatic nitrogens is 2. The number of alkyl halides is 3. The molecule has 0 aliphatic rings. The van der Waals surface area contributed by atoms with E-state index in [2.05, 4.69) is 15.5 Å². The first-order chi connectivity index (χ1) is 10.0. The molecule has 1 heterocycles. The van der Waals surface area contributed by atoms with Gasteiger partial charge < -0.3 is 5.32 Å². The predicted octanol–water partition coefficient (Wildman–Crippen LogP) is 4.38. The first-order valence-corrected chi connectivity index (χ1v) is 7.27. The molecule has 0 fully saturated rings. The smallest absolute Gasteiger partial charge is 0.309 e. The van der Waals surface area contributed by atoms with Gasteiger partial charge in [-0.05, 0) is 24.8 Å². The molecule has 0 aliphatic carbocycles. The zero-order chi connectivity index (χ0) is 17.1. The lowest BCUT2D eigenvalue weighted by Crippen LogP contribution is -2.29. The molecule has 0 bridgehead atoms. The molecular weight excluding hydrogens is 295 g/mol. The summed E-state index contributed by atoms with van der Waals surface area (Å²) in [6.07, 6.45) is -3.25. The molecule has 0 spiro atoms. The summed E-state index contributed by atoms with van der Waals surface area (Å²) in [6.45, 7) is 8.93. The van der Waals surface area contributed by atoms with E-state index in [0.717, 1.165) is 6.07 Å². The number of nitrogens with zero attached hydrogens (tertiary/aromatic N) is 2. The van der Waals surface area contributed by atoms with Crippen LogP contribution in [0.1, 0.15) is 64.6 Å². The molecule has 4 nitrogen and oxygen atoms in total. The van der Waals surface area contributed by atoms with Crippen molar-refractivity contribution in [1.29, 1.82) is 0 Å². The van der Waals surface area contributed by atoms with Crippen LogP contribution in [0.2, 0.25) is 0 Å². The van der Waals surface area contributed by atoms with Crippen LogP contribution in [0.5, 0.6) is 0 Å². The molecular formula is C15H22F3N3O. The summed E-state index contributed by atoms with van der Waals surface area (Å²) in [7, 11) is 0. The Kier molecular flexibility index (Phi) is 5.54. The highest BCUT2D eigenvalue weighted by Gasteiger charge is 2.35. The van der Waals surface area contributed by atoms with Crippen LogP contribution in [0, 0.1) is 5.41 Å². The minimum absolute atomic E-state index is 0.113. The summed E-state index contributed by atoms with van der Waals surface area (Å²) in [5.41, 5.74) is -1.33. The molecule has 22 heavy (non-hydrogen) atoms. The standard InChI is InChI=1S/C15H22F3N3O/c1-6-9(7-2)10-8-11(15(16,17)18)20-21-12(10)19-13(22)14(3,4)5/h8-9H,6-7H2,1-5H3,(H,19,21,22). The average molecular weight is 317 g/mol. The zero-order valence-corrected chi connectivity index (χ0v) is 13.5. The second-order valence-corrected chi connectivity index (χ2v) is 6.25. The molecule has 0 aromatic carbocycles. The molecule has 0 atom stereocenters. The molecule has 0 saturated heterocycles. The third-order valence-electron chi connectivity index (χ3n) is 3.45. The number of nitrogens with one attached hydrogen (secondary N) is 1. The fourth-order valence-corrected chi connectivity index (χ4v) is 1.98. The fourth-order valence-electron chi connectivity index (χ4n) is 1.98. The molecule has 7 heteroatoms. The quantitative estimate of drug-likeness (QED) is 0.896. The van der Waals surface area contributed by atoms with Crippen molar-refractivity contribution in [3.63, 3.8) is 0 Å². The minimum Gasteiger partial charge on any atom is -0.309 e. The Morgan fingerprint density at radius 3 is 2.14 bits per heavy atom. The van der Waals surface area contributed by atoms with Gasteiger partial charge in [-0.3, -0.25) is 4.79 Å². The van der Waals surface area contributed by atoms with Crippen LogP contribution in [-0.4, -0.2) is 16.1 Å². The molecule has 0 unspecified atom stereocenters. The summed E-state index contributed by atoms with van der Waals surface area (Å²) < 4.78 is 38.5. The summed E-state index contributed by atoms with van der Waals surface area (Å²) in [6, 6.07) is 0.989. The highest BCUT2D eigenvalue weighted by Crippen LogP contribution is 2.34. The van der Waals surface area contributed by atoms with Crippen LogP contribution in [0.25, 0.3) is 0 Å². The second kappa shape index (κ2) is 6.62. The van der Waals surface area contributed by atoms with Crippen molar-refractivity contribution in [2.45, 2.75) is 59.6 Å². The SMILES string of the molecule is CCC(CC)c1cc(C(F)(F)F)nnc1NC(=O)C(C)(C)C. The molecule has 1 aromatic rings. The van der Waals surface area contributed by atoms with Gasteiger partial charge in [0.15, 0.2) is 11.5 Å². The number of hydrogen-bond acceptors (Lipinski definition) is 3. The highest BCUT2D eigenvalue weighted by molar-refractivity contribution is 5.94. The molecule has 1 rings (SSSR count). The van der Waals surface area contributed by atoms with Gasteiger partial charge in [0, 0.05) is 11.0 Å². The number of carbonyl (C=O) groups is 1. The van der Waals surface area contributed by atoms with Crippen LogP contribution in [-0.2, 0) is 11.0 Å². The van der Waals surface area contributed by atoms with E-state index in [4.69, 9.17) is 0 Å². The first-order valence-electron chi connectivity index (χ1n) is 7.27. The molecule has 1 amide bonds. The van der Waals surface area contributed by atoms with Gasteiger partial charge in [-0.25, -0.2) is 0 Å². The van der Waals surface area contributed by atoms with E-state index < -0.39 is 17.3 Å². The normalized spacial score (nSPS) is 12.6. The maximum absolute atomic E-state index is 12.8. The highest BCUT2D eigenvalue weighted by atomic mass is 19.4. The molecule has 0 radical (unpaired) electrons. The van der Waals surface area contributed by atoms with E-state index in [0.29, 0.717) is 18.4 Å². The summed E-state index contributed by atoms with van der Waals surface area (Å²) in [5.74, 6) is -0.317. The van der Waals surface area contributed by atoms with Crippen molar-refractivity contribution < 1.29 is 18.0 Å². The number of carbonyl (C=O) groups excluding carboxylic acids is 1. The van der Waals surface area contributed by atoms with Gasteiger partial charge in [-0.1, -0.05) is 34.6 Å². The maximum atomic E-state index is 12.8. The van der Waals surface area contributed by atoms with E-state index in [1.54, 1.807) is 20.8 Å². The summed E-state index contributed by atoms with van der Waals surface area (Å²) >= 11 is 0. The summed E-state index contributed by atoms with van der Waals surface area (Å²) in [5, 5.41) is 9.42. The lowest BCUT2D eigenvalue weighted by Gasteiger charge is -2.21. The van der Waals surface area contributed by atoms with Gasteiger partial charge in [0.1, 0.15) is 0 Å². The number of amides is 1. The monoisotopic (exact) mass is 317 g/mol. The van der Waals surface area contributed by atoms with Gasteiger partial charge in [0.2, 0.25) is 5.91 Å². The maximum Gasteiger partial charge on any atom is 0.435 e. The van der Waals surface area contributed by atoms with Crippen LogP contribution in [0.4, 0.5) is 19.0 Å². The molecule has 1 aromatic heterocycles. The number of hydrogen-bond donors (Lipinski definition) is 1.